The summed E-state index contributed by atoms with van der Waals surface area (Å²) in [5.41, 5.74) is 5.82. The van der Waals surface area contributed by atoms with Crippen molar-refractivity contribution >= 4 is 21.6 Å². The molecule has 0 radical (unpaired) electrons. The summed E-state index contributed by atoms with van der Waals surface area (Å²) in [6.45, 7) is 0.368. The average Bonchev–Trinajstić information content (AvgIpc) is 2.41. The Kier molecular flexibility index (Phi) is 4.39. The third kappa shape index (κ3) is 2.98. The van der Waals surface area contributed by atoms with Gasteiger partial charge in [-0.15, -0.1) is 0 Å². The highest BCUT2D eigenvalue weighted by molar-refractivity contribution is 9.10. The number of rotatable bonds is 2. The molecule has 0 atom stereocenters. The van der Waals surface area contributed by atoms with E-state index in [-0.39, 0.29) is 36.2 Å². The Morgan fingerprint density at radius 3 is 2.50 bits per heavy atom. The van der Waals surface area contributed by atoms with Crippen LogP contribution in [0.4, 0.5) is 23.2 Å². The molecule has 0 saturated carbocycles. The van der Waals surface area contributed by atoms with Crippen molar-refractivity contribution in [3.05, 3.63) is 39.6 Å². The monoisotopic (exact) mass is 352 g/mol. The van der Waals surface area contributed by atoms with Crippen LogP contribution in [0.25, 0.3) is 0 Å². The molecule has 110 valence electrons. The average molecular weight is 353 g/mol. The Morgan fingerprint density at radius 2 is 2.00 bits per heavy atom. The lowest BCUT2D eigenvalue weighted by Gasteiger charge is -2.29. The Labute approximate surface area is 122 Å². The SMILES string of the molecule is NCc1ccc(N2CC=C(C(F)(F)F)CC2)c(F)c1Br. The fraction of sp³-hybridized carbons (Fsp3) is 0.385. The number of benzene rings is 1. The number of alkyl halides is 3. The fourth-order valence-electron chi connectivity index (χ4n) is 2.13. The van der Waals surface area contributed by atoms with E-state index < -0.39 is 17.6 Å². The molecular formula is C13H13BrF4N2. The minimum atomic E-state index is -4.30. The van der Waals surface area contributed by atoms with Crippen LogP contribution in [0.15, 0.2) is 28.3 Å². The third-order valence-corrected chi connectivity index (χ3v) is 4.13. The van der Waals surface area contributed by atoms with Crippen LogP contribution in [0.1, 0.15) is 12.0 Å². The first-order chi connectivity index (χ1) is 9.34. The van der Waals surface area contributed by atoms with E-state index >= 15 is 0 Å². The van der Waals surface area contributed by atoms with Gasteiger partial charge in [0.1, 0.15) is 0 Å². The van der Waals surface area contributed by atoms with Gasteiger partial charge in [-0.25, -0.2) is 4.39 Å². The van der Waals surface area contributed by atoms with Crippen LogP contribution >= 0.6 is 15.9 Å². The second-order valence-corrected chi connectivity index (χ2v) is 5.29. The molecule has 1 heterocycles. The number of nitrogens with two attached hydrogens (primary N) is 1. The quantitative estimate of drug-likeness (QED) is 0.648. The van der Waals surface area contributed by atoms with Crippen LogP contribution in [0, 0.1) is 5.82 Å². The summed E-state index contributed by atoms with van der Waals surface area (Å²) < 4.78 is 52.0. The fourth-order valence-corrected chi connectivity index (χ4v) is 2.62. The number of hydrogen-bond donors (Lipinski definition) is 1. The van der Waals surface area contributed by atoms with Crippen LogP contribution in [0.2, 0.25) is 0 Å². The number of nitrogens with zero attached hydrogens (tertiary/aromatic N) is 1. The Hall–Kier alpha value is -1.08. The van der Waals surface area contributed by atoms with E-state index in [1.165, 1.54) is 0 Å². The van der Waals surface area contributed by atoms with Crippen molar-refractivity contribution in [3.63, 3.8) is 0 Å². The van der Waals surface area contributed by atoms with E-state index in [1.54, 1.807) is 17.0 Å². The van der Waals surface area contributed by atoms with Gasteiger partial charge in [-0.1, -0.05) is 12.1 Å². The van der Waals surface area contributed by atoms with Crippen LogP contribution in [-0.4, -0.2) is 19.3 Å². The molecule has 7 heteroatoms. The van der Waals surface area contributed by atoms with Gasteiger partial charge in [0, 0.05) is 25.2 Å². The van der Waals surface area contributed by atoms with Crippen LogP contribution < -0.4 is 10.6 Å². The summed E-state index contributed by atoms with van der Waals surface area (Å²) >= 11 is 3.12. The molecule has 2 N–H and O–H groups in total. The van der Waals surface area contributed by atoms with Gasteiger partial charge in [0.05, 0.1) is 10.2 Å². The maximum absolute atomic E-state index is 14.2. The molecule has 20 heavy (non-hydrogen) atoms. The number of halogens is 5. The topological polar surface area (TPSA) is 29.3 Å². The molecule has 1 aliphatic heterocycles. The summed E-state index contributed by atoms with van der Waals surface area (Å²) in [5.74, 6) is -0.489. The van der Waals surface area contributed by atoms with Gasteiger partial charge in [0.25, 0.3) is 0 Å². The molecule has 1 aromatic rings. The Morgan fingerprint density at radius 1 is 1.30 bits per heavy atom. The van der Waals surface area contributed by atoms with E-state index in [1.807, 2.05) is 0 Å². The van der Waals surface area contributed by atoms with Crippen LogP contribution in [-0.2, 0) is 6.54 Å². The van der Waals surface area contributed by atoms with E-state index in [0.717, 1.165) is 6.08 Å². The van der Waals surface area contributed by atoms with Gasteiger partial charge in [0.15, 0.2) is 5.82 Å². The van der Waals surface area contributed by atoms with Gasteiger partial charge in [-0.2, -0.15) is 13.2 Å². The standard InChI is InChI=1S/C13H13BrF4N2/c14-11-8(7-19)1-2-10(12(11)15)20-5-3-9(4-6-20)13(16,17)18/h1-3H,4-7,19H2. The highest BCUT2D eigenvalue weighted by Crippen LogP contribution is 2.34. The molecule has 2 rings (SSSR count). The smallest absolute Gasteiger partial charge is 0.365 e. The summed E-state index contributed by atoms with van der Waals surface area (Å²) in [5, 5.41) is 0. The summed E-state index contributed by atoms with van der Waals surface area (Å²) in [6, 6.07) is 3.22. The lowest BCUT2D eigenvalue weighted by Crippen LogP contribution is -2.32. The molecule has 1 aromatic carbocycles. The normalized spacial score (nSPS) is 16.3. The van der Waals surface area contributed by atoms with E-state index in [4.69, 9.17) is 5.73 Å². The molecule has 0 amide bonds. The van der Waals surface area contributed by atoms with Crippen molar-refractivity contribution in [1.82, 2.24) is 0 Å². The first-order valence-electron chi connectivity index (χ1n) is 6.02. The first kappa shape index (κ1) is 15.3. The minimum absolute atomic E-state index is 0.0418. The van der Waals surface area contributed by atoms with Gasteiger partial charge >= 0.3 is 6.18 Å². The number of hydrogen-bond acceptors (Lipinski definition) is 2. The van der Waals surface area contributed by atoms with Crippen LogP contribution in [0.5, 0.6) is 0 Å². The molecule has 0 spiro atoms. The van der Waals surface area contributed by atoms with Gasteiger partial charge in [-0.3, -0.25) is 0 Å². The predicted octanol–water partition coefficient (Wildman–Crippen LogP) is 3.75. The molecule has 1 aliphatic rings. The Balaban J connectivity index is 2.24. The van der Waals surface area contributed by atoms with Gasteiger partial charge in [0.2, 0.25) is 0 Å². The van der Waals surface area contributed by atoms with Gasteiger partial charge < -0.3 is 10.6 Å². The van der Waals surface area contributed by atoms with E-state index in [0.29, 0.717) is 5.56 Å². The molecule has 0 aromatic heterocycles. The third-order valence-electron chi connectivity index (χ3n) is 3.28. The maximum Gasteiger partial charge on any atom is 0.412 e. The Bertz CT molecular complexity index is 540. The highest BCUT2D eigenvalue weighted by atomic mass is 79.9. The number of anilines is 1. The zero-order valence-electron chi connectivity index (χ0n) is 10.5. The summed E-state index contributed by atoms with van der Waals surface area (Å²) in [6.07, 6.45) is -3.33. The summed E-state index contributed by atoms with van der Waals surface area (Å²) in [4.78, 5) is 1.58. The molecule has 0 bridgehead atoms. The second kappa shape index (κ2) is 5.73. The highest BCUT2D eigenvalue weighted by Gasteiger charge is 2.35. The maximum atomic E-state index is 14.2. The molecule has 0 unspecified atom stereocenters. The zero-order valence-corrected chi connectivity index (χ0v) is 12.1. The van der Waals surface area contributed by atoms with Gasteiger partial charge in [-0.05, 0) is 34.0 Å². The first-order valence-corrected chi connectivity index (χ1v) is 6.82. The summed E-state index contributed by atoms with van der Waals surface area (Å²) in [7, 11) is 0. The lowest BCUT2D eigenvalue weighted by atomic mass is 10.1. The second-order valence-electron chi connectivity index (χ2n) is 4.50. The zero-order chi connectivity index (χ0) is 14.9. The lowest BCUT2D eigenvalue weighted by molar-refractivity contribution is -0.0943. The van der Waals surface area contributed by atoms with Crippen molar-refractivity contribution in [1.29, 1.82) is 0 Å². The molecule has 0 aliphatic carbocycles. The van der Waals surface area contributed by atoms with Crippen molar-refractivity contribution in [2.45, 2.75) is 19.1 Å². The molecule has 0 saturated heterocycles. The predicted molar refractivity (Wildman–Crippen MR) is 73.0 cm³/mol. The largest absolute Gasteiger partial charge is 0.412 e. The minimum Gasteiger partial charge on any atom is -0.365 e. The molecular weight excluding hydrogens is 340 g/mol. The molecule has 0 fully saturated rings. The molecule has 2 nitrogen and oxygen atoms in total. The van der Waals surface area contributed by atoms with E-state index in [2.05, 4.69) is 15.9 Å². The van der Waals surface area contributed by atoms with Crippen molar-refractivity contribution in [2.24, 2.45) is 5.73 Å². The van der Waals surface area contributed by atoms with E-state index in [9.17, 15) is 17.6 Å². The van der Waals surface area contributed by atoms with Crippen LogP contribution in [0.3, 0.4) is 0 Å². The van der Waals surface area contributed by atoms with Crippen molar-refractivity contribution in [2.75, 3.05) is 18.0 Å². The van der Waals surface area contributed by atoms with Crippen molar-refractivity contribution < 1.29 is 17.6 Å². The van der Waals surface area contributed by atoms with Crippen molar-refractivity contribution in [3.8, 4) is 0 Å².